The van der Waals surface area contributed by atoms with Gasteiger partial charge in [0.25, 0.3) is 11.6 Å². The van der Waals surface area contributed by atoms with Crippen molar-refractivity contribution in [2.24, 2.45) is 0 Å². The van der Waals surface area contributed by atoms with Crippen LogP contribution in [0.1, 0.15) is 29.8 Å². The van der Waals surface area contributed by atoms with Crippen LogP contribution in [0.2, 0.25) is 0 Å². The van der Waals surface area contributed by atoms with Gasteiger partial charge in [0, 0.05) is 23.4 Å². The number of benzene rings is 2. The van der Waals surface area contributed by atoms with E-state index in [-0.39, 0.29) is 11.5 Å². The zero-order chi connectivity index (χ0) is 22.1. The maximum atomic E-state index is 12.9. The predicted octanol–water partition coefficient (Wildman–Crippen LogP) is 2.20. The van der Waals surface area contributed by atoms with E-state index in [2.05, 4.69) is 10.6 Å². The molecule has 154 valence electrons. The van der Waals surface area contributed by atoms with Gasteiger partial charge in [0.2, 0.25) is 5.91 Å². The van der Waals surface area contributed by atoms with E-state index in [9.17, 15) is 29.3 Å². The number of non-ortho nitro benzene ring substituents is 1. The molecule has 2 aromatic carbocycles. The summed E-state index contributed by atoms with van der Waals surface area (Å²) < 4.78 is 0. The average molecular weight is 410 g/mol. The highest BCUT2D eigenvalue weighted by molar-refractivity contribution is 6.10. The Labute approximate surface area is 171 Å². The van der Waals surface area contributed by atoms with Crippen LogP contribution in [0.5, 0.6) is 0 Å². The van der Waals surface area contributed by atoms with Crippen LogP contribution in [-0.4, -0.2) is 40.0 Å². The molecule has 1 aliphatic rings. The van der Waals surface area contributed by atoms with Gasteiger partial charge in [-0.3, -0.25) is 29.4 Å². The van der Waals surface area contributed by atoms with E-state index in [0.717, 1.165) is 4.90 Å². The standard InChI is InChI=1S/C20H18N4O6/c1-12(25)13-4-3-5-15(10-13)21-17(26)11-23-18(27)20(2,22-19(23)28)14-6-8-16(9-7-14)24(29)30/h3-10H,11H2,1-2H3,(H,21,26)(H,22,28)/t20-/m1/s1. The van der Waals surface area contributed by atoms with Crippen molar-refractivity contribution in [2.45, 2.75) is 19.4 Å². The maximum absolute atomic E-state index is 12.9. The molecule has 1 atom stereocenters. The molecule has 1 saturated heterocycles. The summed E-state index contributed by atoms with van der Waals surface area (Å²) in [5.74, 6) is -1.44. The van der Waals surface area contributed by atoms with Gasteiger partial charge in [-0.15, -0.1) is 0 Å². The number of hydrogen-bond acceptors (Lipinski definition) is 6. The third-order valence-corrected chi connectivity index (χ3v) is 4.79. The molecule has 0 aromatic heterocycles. The molecule has 0 saturated carbocycles. The number of imide groups is 1. The maximum Gasteiger partial charge on any atom is 0.325 e. The van der Waals surface area contributed by atoms with E-state index in [4.69, 9.17) is 0 Å². The Morgan fingerprint density at radius 3 is 2.43 bits per heavy atom. The Morgan fingerprint density at radius 2 is 1.83 bits per heavy atom. The lowest BCUT2D eigenvalue weighted by Gasteiger charge is -2.22. The van der Waals surface area contributed by atoms with E-state index in [1.165, 1.54) is 44.2 Å². The Bertz CT molecular complexity index is 1070. The molecule has 1 heterocycles. The van der Waals surface area contributed by atoms with Crippen LogP contribution < -0.4 is 10.6 Å². The van der Waals surface area contributed by atoms with Crippen LogP contribution in [0.4, 0.5) is 16.2 Å². The van der Waals surface area contributed by atoms with Gasteiger partial charge in [-0.1, -0.05) is 12.1 Å². The zero-order valence-corrected chi connectivity index (χ0v) is 16.2. The summed E-state index contributed by atoms with van der Waals surface area (Å²) in [6.07, 6.45) is 0. The topological polar surface area (TPSA) is 139 Å². The van der Waals surface area contributed by atoms with Crippen LogP contribution in [0.3, 0.4) is 0 Å². The molecular weight excluding hydrogens is 392 g/mol. The summed E-state index contributed by atoms with van der Waals surface area (Å²) in [5.41, 5.74) is -0.487. The predicted molar refractivity (Wildman–Crippen MR) is 106 cm³/mol. The van der Waals surface area contributed by atoms with Crippen LogP contribution >= 0.6 is 0 Å². The first-order valence-corrected chi connectivity index (χ1v) is 8.91. The van der Waals surface area contributed by atoms with Crippen LogP contribution in [0, 0.1) is 10.1 Å². The van der Waals surface area contributed by atoms with Gasteiger partial charge >= 0.3 is 6.03 Å². The molecule has 0 bridgehead atoms. The van der Waals surface area contributed by atoms with Gasteiger partial charge in [0.15, 0.2) is 5.78 Å². The van der Waals surface area contributed by atoms with E-state index in [0.29, 0.717) is 16.8 Å². The number of nitrogens with one attached hydrogen (secondary N) is 2. The van der Waals surface area contributed by atoms with Crippen molar-refractivity contribution in [1.29, 1.82) is 0 Å². The normalized spacial score (nSPS) is 18.1. The number of nitro groups is 1. The molecule has 2 N–H and O–H groups in total. The Kier molecular flexibility index (Phi) is 5.33. The third kappa shape index (κ3) is 3.88. The Hall–Kier alpha value is -4.08. The second-order valence-corrected chi connectivity index (χ2v) is 6.94. The summed E-state index contributed by atoms with van der Waals surface area (Å²) in [4.78, 5) is 60.0. The van der Waals surface area contributed by atoms with Crippen molar-refractivity contribution in [2.75, 3.05) is 11.9 Å². The first kappa shape index (κ1) is 20.6. The SMILES string of the molecule is CC(=O)c1cccc(NC(=O)CN2C(=O)N[C@](C)(c3ccc([N+](=O)[O-])cc3)C2=O)c1. The van der Waals surface area contributed by atoms with Crippen molar-refractivity contribution in [3.8, 4) is 0 Å². The molecule has 2 aromatic rings. The Morgan fingerprint density at radius 1 is 1.17 bits per heavy atom. The molecule has 1 fully saturated rings. The number of carbonyl (C=O) groups excluding carboxylic acids is 4. The van der Waals surface area contributed by atoms with Crippen molar-refractivity contribution in [3.63, 3.8) is 0 Å². The molecule has 3 rings (SSSR count). The van der Waals surface area contributed by atoms with Gasteiger partial charge in [-0.25, -0.2) is 4.79 Å². The molecule has 0 spiro atoms. The Balaban J connectivity index is 1.74. The summed E-state index contributed by atoms with van der Waals surface area (Å²) in [7, 11) is 0. The smallest absolute Gasteiger partial charge is 0.325 e. The minimum Gasteiger partial charge on any atom is -0.325 e. The van der Waals surface area contributed by atoms with E-state index in [1.807, 2.05) is 0 Å². The number of hydrogen-bond donors (Lipinski definition) is 2. The minimum atomic E-state index is -1.46. The number of urea groups is 1. The summed E-state index contributed by atoms with van der Waals surface area (Å²) in [6.45, 7) is 2.33. The zero-order valence-electron chi connectivity index (χ0n) is 16.2. The fourth-order valence-corrected chi connectivity index (χ4v) is 3.11. The van der Waals surface area contributed by atoms with Gasteiger partial charge in [-0.05, 0) is 43.7 Å². The van der Waals surface area contributed by atoms with Crippen molar-refractivity contribution in [1.82, 2.24) is 10.2 Å². The minimum absolute atomic E-state index is 0.150. The van der Waals surface area contributed by atoms with E-state index >= 15 is 0 Å². The van der Waals surface area contributed by atoms with Gasteiger partial charge in [-0.2, -0.15) is 0 Å². The third-order valence-electron chi connectivity index (χ3n) is 4.79. The van der Waals surface area contributed by atoms with Crippen LogP contribution in [-0.2, 0) is 15.1 Å². The van der Waals surface area contributed by atoms with Crippen molar-refractivity contribution < 1.29 is 24.1 Å². The lowest BCUT2D eigenvalue weighted by molar-refractivity contribution is -0.384. The highest BCUT2D eigenvalue weighted by atomic mass is 16.6. The first-order chi connectivity index (χ1) is 14.1. The van der Waals surface area contributed by atoms with Gasteiger partial charge in [0.1, 0.15) is 12.1 Å². The summed E-state index contributed by atoms with van der Waals surface area (Å²) >= 11 is 0. The van der Waals surface area contributed by atoms with Gasteiger partial charge < -0.3 is 10.6 Å². The second-order valence-electron chi connectivity index (χ2n) is 6.94. The summed E-state index contributed by atoms with van der Waals surface area (Å²) in [6, 6.07) is 10.8. The largest absolute Gasteiger partial charge is 0.325 e. The number of ketones is 1. The molecule has 30 heavy (non-hydrogen) atoms. The fraction of sp³-hybridized carbons (Fsp3) is 0.200. The fourth-order valence-electron chi connectivity index (χ4n) is 3.11. The van der Waals surface area contributed by atoms with E-state index < -0.39 is 34.9 Å². The molecular formula is C20H18N4O6. The molecule has 0 radical (unpaired) electrons. The average Bonchev–Trinajstić information content (AvgIpc) is 2.92. The number of anilines is 1. The number of rotatable bonds is 6. The highest BCUT2D eigenvalue weighted by Crippen LogP contribution is 2.30. The number of nitrogens with zero attached hydrogens (tertiary/aromatic N) is 2. The number of nitro benzene ring substituents is 1. The molecule has 10 heteroatoms. The molecule has 1 aliphatic heterocycles. The quantitative estimate of drug-likeness (QED) is 0.324. The van der Waals surface area contributed by atoms with Crippen LogP contribution in [0.15, 0.2) is 48.5 Å². The lowest BCUT2D eigenvalue weighted by atomic mass is 9.92. The number of amides is 4. The van der Waals surface area contributed by atoms with E-state index in [1.54, 1.807) is 18.2 Å². The highest BCUT2D eigenvalue weighted by Gasteiger charge is 2.49. The number of Topliss-reactive ketones (excluding diaryl/α,β-unsaturated/α-hetero) is 1. The molecule has 4 amide bonds. The molecule has 10 nitrogen and oxygen atoms in total. The molecule has 0 aliphatic carbocycles. The lowest BCUT2D eigenvalue weighted by Crippen LogP contribution is -2.42. The van der Waals surface area contributed by atoms with Crippen molar-refractivity contribution in [3.05, 3.63) is 69.8 Å². The first-order valence-electron chi connectivity index (χ1n) is 8.91. The molecule has 0 unspecified atom stereocenters. The summed E-state index contributed by atoms with van der Waals surface area (Å²) in [5, 5.41) is 15.9. The van der Waals surface area contributed by atoms with Gasteiger partial charge in [0.05, 0.1) is 4.92 Å². The monoisotopic (exact) mass is 410 g/mol. The van der Waals surface area contributed by atoms with Crippen LogP contribution in [0.25, 0.3) is 0 Å². The number of carbonyl (C=O) groups is 4. The second kappa shape index (κ2) is 7.74. The van der Waals surface area contributed by atoms with Crippen molar-refractivity contribution >= 4 is 35.0 Å².